The Morgan fingerprint density at radius 2 is 1.96 bits per heavy atom. The Bertz CT molecular complexity index is 664. The molecule has 0 amide bonds. The summed E-state index contributed by atoms with van der Waals surface area (Å²) in [5.74, 6) is 0.909. The molecular weight excluding hydrogens is 336 g/mol. The van der Waals surface area contributed by atoms with Crippen LogP contribution in [0.25, 0.3) is 0 Å². The summed E-state index contributed by atoms with van der Waals surface area (Å²) < 4.78 is 1.85. The molecule has 6 nitrogen and oxygen atoms in total. The molecule has 0 spiro atoms. The van der Waals surface area contributed by atoms with Crippen LogP contribution >= 0.6 is 0 Å². The Morgan fingerprint density at radius 1 is 1.15 bits per heavy atom. The predicted molar refractivity (Wildman–Crippen MR) is 114 cm³/mol. The van der Waals surface area contributed by atoms with Crippen molar-refractivity contribution in [2.75, 3.05) is 37.6 Å². The van der Waals surface area contributed by atoms with Crippen molar-refractivity contribution >= 4 is 11.6 Å². The summed E-state index contributed by atoms with van der Waals surface area (Å²) in [7, 11) is 1.95. The van der Waals surface area contributed by atoms with Crippen LogP contribution in [0.1, 0.15) is 32.3 Å². The van der Waals surface area contributed by atoms with Gasteiger partial charge in [0.05, 0.1) is 6.20 Å². The number of aliphatic imine (C=N–C) groups is 1. The molecule has 0 aliphatic heterocycles. The Labute approximate surface area is 163 Å². The van der Waals surface area contributed by atoms with Crippen LogP contribution < -0.4 is 15.5 Å². The number of nitrogens with one attached hydrogen (secondary N) is 2. The number of hydrogen-bond acceptors (Lipinski definition) is 3. The van der Waals surface area contributed by atoms with E-state index in [1.54, 1.807) is 0 Å². The first kappa shape index (κ1) is 20.8. The first-order chi connectivity index (χ1) is 13.2. The van der Waals surface area contributed by atoms with Gasteiger partial charge in [-0.15, -0.1) is 0 Å². The van der Waals surface area contributed by atoms with Crippen LogP contribution in [0.2, 0.25) is 0 Å². The Hall–Kier alpha value is -2.50. The largest absolute Gasteiger partial charge is 0.372 e. The van der Waals surface area contributed by atoms with E-state index < -0.39 is 0 Å². The molecule has 0 saturated heterocycles. The highest BCUT2D eigenvalue weighted by atomic mass is 15.2. The zero-order valence-corrected chi connectivity index (χ0v) is 17.0. The van der Waals surface area contributed by atoms with Gasteiger partial charge in [-0.2, -0.15) is 5.10 Å². The molecule has 2 aromatic rings. The van der Waals surface area contributed by atoms with E-state index in [2.05, 4.69) is 71.0 Å². The second-order valence-electron chi connectivity index (χ2n) is 6.58. The molecule has 0 aliphatic carbocycles. The molecule has 0 fully saturated rings. The maximum Gasteiger partial charge on any atom is 0.191 e. The fourth-order valence-corrected chi connectivity index (χ4v) is 3.00. The van der Waals surface area contributed by atoms with Gasteiger partial charge in [-0.3, -0.25) is 9.67 Å². The lowest BCUT2D eigenvalue weighted by Crippen LogP contribution is -2.38. The fourth-order valence-electron chi connectivity index (χ4n) is 3.00. The van der Waals surface area contributed by atoms with Gasteiger partial charge in [0.25, 0.3) is 0 Å². The van der Waals surface area contributed by atoms with Crippen LogP contribution in [-0.4, -0.2) is 48.5 Å². The van der Waals surface area contributed by atoms with Gasteiger partial charge in [0.15, 0.2) is 5.96 Å². The van der Waals surface area contributed by atoms with E-state index in [0.29, 0.717) is 0 Å². The molecular formula is C21H34N6. The van der Waals surface area contributed by atoms with E-state index in [-0.39, 0.29) is 0 Å². The molecule has 0 radical (unpaired) electrons. The van der Waals surface area contributed by atoms with Crippen molar-refractivity contribution in [1.82, 2.24) is 20.4 Å². The molecule has 1 aromatic heterocycles. The lowest BCUT2D eigenvalue weighted by atomic mass is 10.2. The van der Waals surface area contributed by atoms with Crippen LogP contribution in [-0.2, 0) is 13.5 Å². The van der Waals surface area contributed by atoms with Crippen molar-refractivity contribution in [3.8, 4) is 0 Å². The van der Waals surface area contributed by atoms with E-state index in [0.717, 1.165) is 57.9 Å². The lowest BCUT2D eigenvalue weighted by molar-refractivity contribution is 0.724. The minimum Gasteiger partial charge on any atom is -0.372 e. The number of guanidine groups is 1. The first-order valence-corrected chi connectivity index (χ1v) is 10.0. The van der Waals surface area contributed by atoms with E-state index in [1.807, 2.05) is 17.9 Å². The molecule has 0 saturated carbocycles. The number of rotatable bonds is 11. The SMILES string of the molecule is CCNC(=NCCCN(CC)c1ccccc1)NCCCc1cnn(C)c1. The molecule has 148 valence electrons. The van der Waals surface area contributed by atoms with Gasteiger partial charge in [-0.05, 0) is 50.8 Å². The molecule has 1 heterocycles. The normalized spacial score (nSPS) is 11.4. The van der Waals surface area contributed by atoms with Gasteiger partial charge in [0.2, 0.25) is 0 Å². The summed E-state index contributed by atoms with van der Waals surface area (Å²) in [6, 6.07) is 10.6. The molecule has 0 bridgehead atoms. The highest BCUT2D eigenvalue weighted by Crippen LogP contribution is 2.12. The smallest absolute Gasteiger partial charge is 0.191 e. The number of aryl methyl sites for hydroxylation is 2. The number of aromatic nitrogens is 2. The van der Waals surface area contributed by atoms with Crippen molar-refractivity contribution in [3.63, 3.8) is 0 Å². The third-order valence-electron chi connectivity index (χ3n) is 4.40. The third kappa shape index (κ3) is 7.72. The average Bonchev–Trinajstić information content (AvgIpc) is 3.11. The van der Waals surface area contributed by atoms with E-state index in [1.165, 1.54) is 11.3 Å². The van der Waals surface area contributed by atoms with Crippen LogP contribution in [0.5, 0.6) is 0 Å². The average molecular weight is 371 g/mol. The highest BCUT2D eigenvalue weighted by Gasteiger charge is 2.03. The predicted octanol–water partition coefficient (Wildman–Crippen LogP) is 2.82. The second kappa shape index (κ2) is 12.0. The van der Waals surface area contributed by atoms with Crippen LogP contribution in [0.15, 0.2) is 47.7 Å². The van der Waals surface area contributed by atoms with Crippen LogP contribution in [0, 0.1) is 0 Å². The molecule has 0 unspecified atom stereocenters. The number of anilines is 1. The molecule has 2 N–H and O–H groups in total. The van der Waals surface area contributed by atoms with Gasteiger partial charge in [-0.25, -0.2) is 0 Å². The number of hydrogen-bond donors (Lipinski definition) is 2. The summed E-state index contributed by atoms with van der Waals surface area (Å²) in [5.41, 5.74) is 2.56. The van der Waals surface area contributed by atoms with Crippen molar-refractivity contribution in [3.05, 3.63) is 48.3 Å². The number of nitrogens with zero attached hydrogens (tertiary/aromatic N) is 4. The fraction of sp³-hybridized carbons (Fsp3) is 0.524. The Balaban J connectivity index is 1.70. The van der Waals surface area contributed by atoms with Crippen LogP contribution in [0.3, 0.4) is 0 Å². The molecule has 1 aromatic carbocycles. The monoisotopic (exact) mass is 370 g/mol. The van der Waals surface area contributed by atoms with Gasteiger partial charge in [0, 0.05) is 51.7 Å². The summed E-state index contributed by atoms with van der Waals surface area (Å²) in [5, 5.41) is 11.0. The standard InChI is InChI=1S/C21H34N6/c1-4-22-21(23-14-9-11-19-17-25-26(3)18-19)24-15-10-16-27(5-2)20-12-7-6-8-13-20/h6-8,12-13,17-18H,4-5,9-11,14-16H2,1-3H3,(H2,22,23,24). The topological polar surface area (TPSA) is 57.5 Å². The molecule has 0 aliphatic rings. The van der Waals surface area contributed by atoms with Gasteiger partial charge < -0.3 is 15.5 Å². The van der Waals surface area contributed by atoms with Gasteiger partial charge >= 0.3 is 0 Å². The number of benzene rings is 1. The van der Waals surface area contributed by atoms with E-state index in [9.17, 15) is 0 Å². The number of para-hydroxylation sites is 1. The van der Waals surface area contributed by atoms with E-state index >= 15 is 0 Å². The third-order valence-corrected chi connectivity index (χ3v) is 4.40. The quantitative estimate of drug-likeness (QED) is 0.363. The lowest BCUT2D eigenvalue weighted by Gasteiger charge is -2.22. The molecule has 27 heavy (non-hydrogen) atoms. The molecule has 0 atom stereocenters. The highest BCUT2D eigenvalue weighted by molar-refractivity contribution is 5.79. The van der Waals surface area contributed by atoms with Crippen molar-refractivity contribution in [2.24, 2.45) is 12.0 Å². The van der Waals surface area contributed by atoms with Crippen molar-refractivity contribution < 1.29 is 0 Å². The minimum absolute atomic E-state index is 0.821. The Kier molecular flexibility index (Phi) is 9.24. The molecule has 2 rings (SSSR count). The van der Waals surface area contributed by atoms with Gasteiger partial charge in [0.1, 0.15) is 0 Å². The summed E-state index contributed by atoms with van der Waals surface area (Å²) >= 11 is 0. The second-order valence-corrected chi connectivity index (χ2v) is 6.58. The van der Waals surface area contributed by atoms with Crippen LogP contribution in [0.4, 0.5) is 5.69 Å². The maximum absolute atomic E-state index is 4.71. The minimum atomic E-state index is 0.821. The zero-order chi connectivity index (χ0) is 19.3. The van der Waals surface area contributed by atoms with Crippen molar-refractivity contribution in [2.45, 2.75) is 33.1 Å². The van der Waals surface area contributed by atoms with E-state index in [4.69, 9.17) is 4.99 Å². The maximum atomic E-state index is 4.71. The zero-order valence-electron chi connectivity index (χ0n) is 17.0. The first-order valence-electron chi connectivity index (χ1n) is 10.0. The van der Waals surface area contributed by atoms with Gasteiger partial charge in [-0.1, -0.05) is 18.2 Å². The molecule has 6 heteroatoms. The summed E-state index contributed by atoms with van der Waals surface area (Å²) in [6.45, 7) is 8.93. The Morgan fingerprint density at radius 3 is 2.63 bits per heavy atom. The summed E-state index contributed by atoms with van der Waals surface area (Å²) in [6.07, 6.45) is 7.14. The summed E-state index contributed by atoms with van der Waals surface area (Å²) in [4.78, 5) is 7.11. The van der Waals surface area contributed by atoms with Crippen molar-refractivity contribution in [1.29, 1.82) is 0 Å².